The molecule has 1 aromatic heterocycles. The highest BCUT2D eigenvalue weighted by Crippen LogP contribution is 2.35. The first-order valence-electron chi connectivity index (χ1n) is 6.83. The van der Waals surface area contributed by atoms with E-state index >= 15 is 0 Å². The SMILES string of the molecule is N#Cc1cc(CCc2c(C(F)(F)I)nc[nH]c2=O)cc(OC(F)F)c1. The molecule has 1 aromatic carbocycles. The van der Waals surface area contributed by atoms with E-state index in [0.29, 0.717) is 5.56 Å². The number of aromatic nitrogens is 2. The fourth-order valence-electron chi connectivity index (χ4n) is 2.21. The second-order valence-electron chi connectivity index (χ2n) is 4.91. The lowest BCUT2D eigenvalue weighted by Crippen LogP contribution is -2.22. The Kier molecular flexibility index (Phi) is 5.99. The molecule has 2 rings (SSSR count). The lowest BCUT2D eigenvalue weighted by Gasteiger charge is -2.12. The average Bonchev–Trinajstić information content (AvgIpc) is 2.51. The predicted molar refractivity (Wildman–Crippen MR) is 88.0 cm³/mol. The summed E-state index contributed by atoms with van der Waals surface area (Å²) in [4.78, 5) is 17.6. The van der Waals surface area contributed by atoms with Crippen LogP contribution >= 0.6 is 22.6 Å². The Balaban J connectivity index is 2.31. The quantitative estimate of drug-likeness (QED) is 0.401. The average molecular weight is 467 g/mol. The minimum absolute atomic E-state index is 0.0591. The van der Waals surface area contributed by atoms with Crippen molar-refractivity contribution >= 4 is 22.6 Å². The number of alkyl halides is 5. The van der Waals surface area contributed by atoms with Crippen molar-refractivity contribution in [2.75, 3.05) is 0 Å². The molecule has 2 aromatic rings. The molecule has 0 amide bonds. The number of hydrogen-bond donors (Lipinski definition) is 1. The van der Waals surface area contributed by atoms with E-state index in [2.05, 4.69) is 14.7 Å². The van der Waals surface area contributed by atoms with E-state index in [4.69, 9.17) is 5.26 Å². The second kappa shape index (κ2) is 7.81. The molecule has 0 aliphatic carbocycles. The van der Waals surface area contributed by atoms with Crippen LogP contribution < -0.4 is 10.3 Å². The van der Waals surface area contributed by atoms with Crippen molar-refractivity contribution in [1.82, 2.24) is 9.97 Å². The first kappa shape index (κ1) is 19.2. The number of nitriles is 1. The normalized spacial score (nSPS) is 11.4. The number of nitrogens with one attached hydrogen (secondary N) is 1. The Morgan fingerprint density at radius 3 is 2.64 bits per heavy atom. The third-order valence-electron chi connectivity index (χ3n) is 3.20. The highest BCUT2D eigenvalue weighted by molar-refractivity contribution is 14.1. The molecule has 132 valence electrons. The van der Waals surface area contributed by atoms with Gasteiger partial charge in [-0.1, -0.05) is 0 Å². The Morgan fingerprint density at radius 1 is 1.32 bits per heavy atom. The Bertz CT molecular complexity index is 859. The van der Waals surface area contributed by atoms with Gasteiger partial charge in [0.15, 0.2) is 0 Å². The molecule has 5 nitrogen and oxygen atoms in total. The van der Waals surface area contributed by atoms with Crippen LogP contribution in [0.3, 0.4) is 0 Å². The Labute approximate surface area is 152 Å². The molecule has 10 heteroatoms. The number of aryl methyl sites for hydroxylation is 1. The number of benzene rings is 1. The van der Waals surface area contributed by atoms with Gasteiger partial charge in [-0.2, -0.15) is 22.8 Å². The van der Waals surface area contributed by atoms with E-state index in [1.165, 1.54) is 12.1 Å². The van der Waals surface area contributed by atoms with Gasteiger partial charge in [0.05, 0.1) is 18.0 Å². The summed E-state index contributed by atoms with van der Waals surface area (Å²) in [6.45, 7) is -3.06. The van der Waals surface area contributed by atoms with Crippen LogP contribution in [-0.2, 0) is 16.8 Å². The van der Waals surface area contributed by atoms with E-state index in [0.717, 1.165) is 35.0 Å². The number of rotatable bonds is 6. The monoisotopic (exact) mass is 467 g/mol. The molecule has 0 fully saturated rings. The highest BCUT2D eigenvalue weighted by atomic mass is 127. The van der Waals surface area contributed by atoms with Crippen LogP contribution in [0.25, 0.3) is 0 Å². The van der Waals surface area contributed by atoms with Crippen LogP contribution in [0.4, 0.5) is 17.6 Å². The molecule has 0 aliphatic heterocycles. The van der Waals surface area contributed by atoms with Crippen molar-refractivity contribution in [3.05, 3.63) is 57.3 Å². The fraction of sp³-hybridized carbons (Fsp3) is 0.267. The predicted octanol–water partition coefficient (Wildman–Crippen LogP) is 3.51. The van der Waals surface area contributed by atoms with E-state index in [1.807, 2.05) is 0 Å². The number of halogens is 5. The summed E-state index contributed by atoms with van der Waals surface area (Å²) in [5, 5.41) is 8.94. The first-order chi connectivity index (χ1) is 11.7. The summed E-state index contributed by atoms with van der Waals surface area (Å²) >= 11 is 0.874. The maximum atomic E-state index is 13.6. The topological polar surface area (TPSA) is 78.8 Å². The fourth-order valence-corrected chi connectivity index (χ4v) is 2.68. The number of ether oxygens (including phenoxy) is 1. The molecular weight excluding hydrogens is 457 g/mol. The largest absolute Gasteiger partial charge is 0.435 e. The van der Waals surface area contributed by atoms with E-state index in [-0.39, 0.29) is 29.7 Å². The number of H-pyrrole nitrogens is 1. The van der Waals surface area contributed by atoms with E-state index in [1.54, 1.807) is 6.07 Å². The molecule has 0 atom stereocenters. The van der Waals surface area contributed by atoms with Gasteiger partial charge in [0.2, 0.25) is 0 Å². The van der Waals surface area contributed by atoms with Crippen LogP contribution in [0, 0.1) is 11.3 Å². The zero-order valence-electron chi connectivity index (χ0n) is 12.4. The summed E-state index contributed by atoms with van der Waals surface area (Å²) in [6, 6.07) is 5.61. The van der Waals surface area contributed by atoms with Gasteiger partial charge in [0.1, 0.15) is 11.4 Å². The third-order valence-corrected chi connectivity index (χ3v) is 3.71. The molecule has 0 radical (unpaired) electrons. The Morgan fingerprint density at radius 2 is 2.04 bits per heavy atom. The van der Waals surface area contributed by atoms with Gasteiger partial charge >= 0.3 is 10.5 Å². The summed E-state index contributed by atoms with van der Waals surface area (Å²) in [5.74, 6) is -0.219. The molecule has 0 spiro atoms. The van der Waals surface area contributed by atoms with Crippen LogP contribution in [0.5, 0.6) is 5.75 Å². The molecule has 0 bridgehead atoms. The summed E-state index contributed by atoms with van der Waals surface area (Å²) in [6.07, 6.45) is 0.836. The van der Waals surface area contributed by atoms with Crippen molar-refractivity contribution in [3.8, 4) is 11.8 Å². The standard InChI is InChI=1S/C15H10F4IN3O2/c16-14(17)25-10-4-8(3-9(5-10)6-21)1-2-11-12(15(18,19)20)22-7-23-13(11)24/h3-5,7,14H,1-2H2,(H,22,23,24). The Hall–Kier alpha value is -2.16. The summed E-state index contributed by atoms with van der Waals surface area (Å²) in [5.41, 5.74) is -1.10. The minimum atomic E-state index is -3.33. The molecule has 0 saturated carbocycles. The van der Waals surface area contributed by atoms with Crippen molar-refractivity contribution in [2.45, 2.75) is 23.4 Å². The highest BCUT2D eigenvalue weighted by Gasteiger charge is 2.32. The molecule has 1 N–H and O–H groups in total. The molecule has 0 unspecified atom stereocenters. The van der Waals surface area contributed by atoms with Gasteiger partial charge in [0, 0.05) is 28.2 Å². The van der Waals surface area contributed by atoms with Crippen molar-refractivity contribution in [2.24, 2.45) is 0 Å². The second-order valence-corrected chi connectivity index (χ2v) is 6.27. The minimum Gasteiger partial charge on any atom is -0.435 e. The smallest absolute Gasteiger partial charge is 0.387 e. The van der Waals surface area contributed by atoms with Gasteiger partial charge in [-0.3, -0.25) is 4.79 Å². The van der Waals surface area contributed by atoms with Crippen LogP contribution in [0.15, 0.2) is 29.3 Å². The number of hydrogen-bond acceptors (Lipinski definition) is 4. The molecule has 0 aliphatic rings. The summed E-state index contributed by atoms with van der Waals surface area (Å²) < 4.78 is 52.7. The third kappa shape index (κ3) is 5.15. The zero-order chi connectivity index (χ0) is 18.6. The van der Waals surface area contributed by atoms with Gasteiger partial charge < -0.3 is 9.72 Å². The van der Waals surface area contributed by atoms with Crippen molar-refractivity contribution in [3.63, 3.8) is 0 Å². The van der Waals surface area contributed by atoms with Gasteiger partial charge in [-0.15, -0.1) is 0 Å². The molecule has 1 heterocycles. The van der Waals surface area contributed by atoms with Crippen LogP contribution in [-0.4, -0.2) is 16.6 Å². The lowest BCUT2D eigenvalue weighted by molar-refractivity contribution is -0.0498. The summed E-state index contributed by atoms with van der Waals surface area (Å²) in [7, 11) is 0. The van der Waals surface area contributed by atoms with Gasteiger partial charge in [-0.05, 0) is 36.6 Å². The van der Waals surface area contributed by atoms with Gasteiger partial charge in [-0.25, -0.2) is 4.98 Å². The molecular formula is C15H10F4IN3O2. The van der Waals surface area contributed by atoms with Crippen LogP contribution in [0.2, 0.25) is 0 Å². The van der Waals surface area contributed by atoms with E-state index in [9.17, 15) is 22.4 Å². The zero-order valence-corrected chi connectivity index (χ0v) is 14.6. The first-order valence-corrected chi connectivity index (χ1v) is 7.91. The molecule has 25 heavy (non-hydrogen) atoms. The van der Waals surface area contributed by atoms with E-state index < -0.39 is 21.8 Å². The van der Waals surface area contributed by atoms with Crippen LogP contribution in [0.1, 0.15) is 22.4 Å². The number of nitrogens with zero attached hydrogens (tertiary/aromatic N) is 2. The maximum Gasteiger partial charge on any atom is 0.387 e. The van der Waals surface area contributed by atoms with Crippen molar-refractivity contribution in [1.29, 1.82) is 5.26 Å². The lowest BCUT2D eigenvalue weighted by atomic mass is 10.0. The maximum absolute atomic E-state index is 13.6. The van der Waals surface area contributed by atoms with Gasteiger partial charge in [0.25, 0.3) is 5.56 Å². The number of aromatic amines is 1. The van der Waals surface area contributed by atoms with Crippen molar-refractivity contribution < 1.29 is 22.3 Å². The molecule has 0 saturated heterocycles.